The summed E-state index contributed by atoms with van der Waals surface area (Å²) >= 11 is 0. The first-order valence-electron chi connectivity index (χ1n) is 9.11. The lowest BCUT2D eigenvalue weighted by molar-refractivity contribution is 0.0952. The number of amides is 1. The highest BCUT2D eigenvalue weighted by Gasteiger charge is 2.14. The van der Waals surface area contributed by atoms with E-state index in [4.69, 9.17) is 9.72 Å². The van der Waals surface area contributed by atoms with Crippen LogP contribution in [0.3, 0.4) is 0 Å². The van der Waals surface area contributed by atoms with E-state index in [-0.39, 0.29) is 5.91 Å². The summed E-state index contributed by atoms with van der Waals surface area (Å²) in [5.41, 5.74) is 4.16. The van der Waals surface area contributed by atoms with E-state index in [9.17, 15) is 4.79 Å². The molecule has 0 aliphatic heterocycles. The number of carbonyl (C=O) groups is 1. The van der Waals surface area contributed by atoms with Crippen LogP contribution in [0.2, 0.25) is 0 Å². The van der Waals surface area contributed by atoms with Crippen molar-refractivity contribution in [3.63, 3.8) is 0 Å². The maximum absolute atomic E-state index is 13.0. The number of aromatic nitrogens is 1. The third kappa shape index (κ3) is 3.71. The standard InChI is InChI=1S/C24H20N2O2/c1-28-19-13-11-18(12-14-19)23-15-21(20-9-5-6-10-22(20)26-23)24(27)25-16-17-7-3-2-4-8-17/h2-15H,16H2,1H3,(H,25,27). The number of para-hydroxylation sites is 1. The number of fused-ring (bicyclic) bond motifs is 1. The highest BCUT2D eigenvalue weighted by atomic mass is 16.5. The normalized spacial score (nSPS) is 10.6. The van der Waals surface area contributed by atoms with Crippen LogP contribution in [0.1, 0.15) is 15.9 Å². The molecular weight excluding hydrogens is 348 g/mol. The molecule has 0 atom stereocenters. The summed E-state index contributed by atoms with van der Waals surface area (Å²) in [5.74, 6) is 0.669. The molecule has 4 nitrogen and oxygen atoms in total. The van der Waals surface area contributed by atoms with Gasteiger partial charge in [-0.3, -0.25) is 4.79 Å². The van der Waals surface area contributed by atoms with Crippen LogP contribution in [0.5, 0.6) is 5.75 Å². The topological polar surface area (TPSA) is 51.2 Å². The van der Waals surface area contributed by atoms with E-state index >= 15 is 0 Å². The molecule has 1 heterocycles. The second-order valence-corrected chi connectivity index (χ2v) is 6.47. The SMILES string of the molecule is COc1ccc(-c2cc(C(=O)NCc3ccccc3)c3ccccc3n2)cc1. The Balaban J connectivity index is 1.70. The highest BCUT2D eigenvalue weighted by molar-refractivity contribution is 6.07. The van der Waals surface area contributed by atoms with Gasteiger partial charge in [-0.25, -0.2) is 4.98 Å². The molecular formula is C24H20N2O2. The minimum atomic E-state index is -0.114. The van der Waals surface area contributed by atoms with E-state index in [0.717, 1.165) is 33.5 Å². The summed E-state index contributed by atoms with van der Waals surface area (Å²) < 4.78 is 5.23. The van der Waals surface area contributed by atoms with Gasteiger partial charge in [-0.2, -0.15) is 0 Å². The van der Waals surface area contributed by atoms with E-state index in [1.807, 2.05) is 84.9 Å². The third-order valence-electron chi connectivity index (χ3n) is 4.64. The Labute approximate surface area is 163 Å². The van der Waals surface area contributed by atoms with Crippen molar-refractivity contribution in [1.29, 1.82) is 0 Å². The van der Waals surface area contributed by atoms with Gasteiger partial charge in [-0.05, 0) is 42.0 Å². The van der Waals surface area contributed by atoms with E-state index in [0.29, 0.717) is 12.1 Å². The van der Waals surface area contributed by atoms with Gasteiger partial charge < -0.3 is 10.1 Å². The Morgan fingerprint density at radius 3 is 2.39 bits per heavy atom. The summed E-state index contributed by atoms with van der Waals surface area (Å²) in [5, 5.41) is 3.86. The van der Waals surface area contributed by atoms with E-state index in [1.165, 1.54) is 0 Å². The van der Waals surface area contributed by atoms with E-state index in [2.05, 4.69) is 5.32 Å². The van der Waals surface area contributed by atoms with Crippen molar-refractivity contribution < 1.29 is 9.53 Å². The number of hydrogen-bond acceptors (Lipinski definition) is 3. The monoisotopic (exact) mass is 368 g/mol. The van der Waals surface area contributed by atoms with Crippen LogP contribution in [0.25, 0.3) is 22.2 Å². The third-order valence-corrected chi connectivity index (χ3v) is 4.64. The van der Waals surface area contributed by atoms with Crippen LogP contribution in [-0.4, -0.2) is 18.0 Å². The number of rotatable bonds is 5. The number of nitrogens with zero attached hydrogens (tertiary/aromatic N) is 1. The second-order valence-electron chi connectivity index (χ2n) is 6.47. The van der Waals surface area contributed by atoms with Gasteiger partial charge in [-0.1, -0.05) is 48.5 Å². The predicted molar refractivity (Wildman–Crippen MR) is 111 cm³/mol. The molecule has 0 aliphatic rings. The van der Waals surface area contributed by atoms with E-state index < -0.39 is 0 Å². The van der Waals surface area contributed by atoms with Crippen molar-refractivity contribution in [2.24, 2.45) is 0 Å². The lowest BCUT2D eigenvalue weighted by Crippen LogP contribution is -2.23. The number of ether oxygens (including phenoxy) is 1. The first kappa shape index (κ1) is 17.7. The van der Waals surface area contributed by atoms with Crippen LogP contribution >= 0.6 is 0 Å². The molecule has 0 unspecified atom stereocenters. The molecule has 0 aliphatic carbocycles. The fraction of sp³-hybridized carbons (Fsp3) is 0.0833. The molecule has 4 aromatic rings. The van der Waals surface area contributed by atoms with Crippen LogP contribution in [0, 0.1) is 0 Å². The molecule has 0 fully saturated rings. The molecule has 1 N–H and O–H groups in total. The van der Waals surface area contributed by atoms with Gasteiger partial charge in [0.05, 0.1) is 23.9 Å². The number of methoxy groups -OCH3 is 1. The van der Waals surface area contributed by atoms with Gasteiger partial charge in [0.25, 0.3) is 5.91 Å². The lowest BCUT2D eigenvalue weighted by Gasteiger charge is -2.11. The Morgan fingerprint density at radius 2 is 1.64 bits per heavy atom. The molecule has 0 radical (unpaired) electrons. The number of pyridine rings is 1. The van der Waals surface area contributed by atoms with Crippen molar-refractivity contribution in [2.75, 3.05) is 7.11 Å². The smallest absolute Gasteiger partial charge is 0.252 e. The zero-order chi connectivity index (χ0) is 19.3. The Bertz CT molecular complexity index is 1110. The van der Waals surface area contributed by atoms with E-state index in [1.54, 1.807) is 7.11 Å². The zero-order valence-corrected chi connectivity index (χ0v) is 15.6. The van der Waals surface area contributed by atoms with Crippen LogP contribution in [0.15, 0.2) is 84.9 Å². The molecule has 4 rings (SSSR count). The van der Waals surface area contributed by atoms with Crippen LogP contribution in [0.4, 0.5) is 0 Å². The maximum atomic E-state index is 13.0. The average Bonchev–Trinajstić information content (AvgIpc) is 2.77. The van der Waals surface area contributed by atoms with Crippen molar-refractivity contribution >= 4 is 16.8 Å². The average molecular weight is 368 g/mol. The van der Waals surface area contributed by atoms with Gasteiger partial charge in [0, 0.05) is 17.5 Å². The van der Waals surface area contributed by atoms with Gasteiger partial charge in [0.1, 0.15) is 5.75 Å². The quantitative estimate of drug-likeness (QED) is 0.548. The Morgan fingerprint density at radius 1 is 0.929 bits per heavy atom. The number of hydrogen-bond donors (Lipinski definition) is 1. The molecule has 1 amide bonds. The predicted octanol–water partition coefficient (Wildman–Crippen LogP) is 4.84. The second kappa shape index (κ2) is 7.92. The molecule has 0 bridgehead atoms. The molecule has 0 saturated heterocycles. The summed E-state index contributed by atoms with van der Waals surface area (Å²) in [6.07, 6.45) is 0. The molecule has 138 valence electrons. The molecule has 0 spiro atoms. The number of nitrogens with one attached hydrogen (secondary N) is 1. The van der Waals surface area contributed by atoms with Gasteiger partial charge in [0.15, 0.2) is 0 Å². The van der Waals surface area contributed by atoms with Crippen LogP contribution in [-0.2, 0) is 6.54 Å². The fourth-order valence-corrected chi connectivity index (χ4v) is 3.15. The molecule has 3 aromatic carbocycles. The van der Waals surface area contributed by atoms with Gasteiger partial charge >= 0.3 is 0 Å². The lowest BCUT2D eigenvalue weighted by atomic mass is 10.0. The van der Waals surface area contributed by atoms with Gasteiger partial charge in [0.2, 0.25) is 0 Å². The molecule has 4 heteroatoms. The highest BCUT2D eigenvalue weighted by Crippen LogP contribution is 2.26. The van der Waals surface area contributed by atoms with Crippen molar-refractivity contribution in [3.05, 3.63) is 96.1 Å². The summed E-state index contributed by atoms with van der Waals surface area (Å²) in [7, 11) is 1.64. The number of benzene rings is 3. The maximum Gasteiger partial charge on any atom is 0.252 e. The minimum Gasteiger partial charge on any atom is -0.497 e. The molecule has 0 saturated carbocycles. The number of carbonyl (C=O) groups excluding carboxylic acids is 1. The van der Waals surface area contributed by atoms with Gasteiger partial charge in [-0.15, -0.1) is 0 Å². The first-order chi connectivity index (χ1) is 13.7. The Kier molecular flexibility index (Phi) is 5.02. The van der Waals surface area contributed by atoms with Crippen molar-refractivity contribution in [2.45, 2.75) is 6.54 Å². The zero-order valence-electron chi connectivity index (χ0n) is 15.6. The van der Waals surface area contributed by atoms with Crippen molar-refractivity contribution in [3.8, 4) is 17.0 Å². The summed E-state index contributed by atoms with van der Waals surface area (Å²) in [6, 6.07) is 27.1. The summed E-state index contributed by atoms with van der Waals surface area (Å²) in [6.45, 7) is 0.480. The van der Waals surface area contributed by atoms with Crippen LogP contribution < -0.4 is 10.1 Å². The summed E-state index contributed by atoms with van der Waals surface area (Å²) in [4.78, 5) is 17.7. The first-order valence-corrected chi connectivity index (χ1v) is 9.11. The molecule has 28 heavy (non-hydrogen) atoms. The fourth-order valence-electron chi connectivity index (χ4n) is 3.15. The molecule has 1 aromatic heterocycles. The van der Waals surface area contributed by atoms with Crippen molar-refractivity contribution in [1.82, 2.24) is 10.3 Å². The minimum absolute atomic E-state index is 0.114. The largest absolute Gasteiger partial charge is 0.497 e. The Hall–Kier alpha value is -3.66.